The summed E-state index contributed by atoms with van der Waals surface area (Å²) >= 11 is 0. The third-order valence-corrected chi connectivity index (χ3v) is 5.50. The Bertz CT molecular complexity index is 1160. The molecular weight excluding hydrogens is 426 g/mol. The number of nitrogens with zero attached hydrogens (tertiary/aromatic N) is 5. The minimum atomic E-state index is -0.536. The first-order valence-corrected chi connectivity index (χ1v) is 10.5. The molecule has 1 atom stereocenters. The molecule has 11 heteroatoms. The molecule has 2 N–H and O–H groups in total. The van der Waals surface area contributed by atoms with Gasteiger partial charge in [0.15, 0.2) is 0 Å². The monoisotopic (exact) mass is 449 g/mol. The lowest BCUT2D eigenvalue weighted by Gasteiger charge is -2.17. The van der Waals surface area contributed by atoms with Crippen molar-refractivity contribution in [1.29, 1.82) is 0 Å². The zero-order chi connectivity index (χ0) is 23.4. The highest BCUT2D eigenvalue weighted by Crippen LogP contribution is 2.32. The van der Waals surface area contributed by atoms with Crippen LogP contribution in [0.3, 0.4) is 0 Å². The molecule has 1 fully saturated rings. The normalized spacial score (nSPS) is 14.0. The summed E-state index contributed by atoms with van der Waals surface area (Å²) in [5.74, 6) is -0.717. The average molecular weight is 449 g/mol. The molecule has 4 rings (SSSR count). The summed E-state index contributed by atoms with van der Waals surface area (Å²) in [6.45, 7) is 3.24. The van der Waals surface area contributed by atoms with Crippen LogP contribution in [-0.2, 0) is 4.79 Å². The average Bonchev–Trinajstić information content (AvgIpc) is 3.54. The number of hydrogen-bond acceptors (Lipinski definition) is 7. The van der Waals surface area contributed by atoms with Gasteiger partial charge in [-0.3, -0.25) is 19.7 Å². The van der Waals surface area contributed by atoms with Gasteiger partial charge < -0.3 is 15.5 Å². The SMILES string of the molecule is CC(C(=O)Nc1ccc(NC(=O)c2ccc(N3CCCC3)c([N+](=O)[O-])c2)cc1)n1cncn1. The van der Waals surface area contributed by atoms with Crippen molar-refractivity contribution in [2.75, 3.05) is 28.6 Å². The third-order valence-electron chi connectivity index (χ3n) is 5.50. The molecule has 1 aromatic heterocycles. The van der Waals surface area contributed by atoms with E-state index in [0.717, 1.165) is 25.9 Å². The van der Waals surface area contributed by atoms with Crippen molar-refractivity contribution in [3.8, 4) is 0 Å². The Balaban J connectivity index is 1.41. The van der Waals surface area contributed by atoms with E-state index in [1.165, 1.54) is 23.4 Å². The number of nitro benzene ring substituents is 1. The van der Waals surface area contributed by atoms with Crippen molar-refractivity contribution in [3.05, 3.63) is 70.8 Å². The summed E-state index contributed by atoms with van der Waals surface area (Å²) in [4.78, 5) is 41.9. The van der Waals surface area contributed by atoms with Gasteiger partial charge in [0.25, 0.3) is 11.6 Å². The standard InChI is InChI=1S/C22H23N7O4/c1-15(28-14-23-13-24-28)21(30)25-17-5-7-18(8-6-17)26-22(31)16-4-9-19(20(12-16)29(32)33)27-10-2-3-11-27/h4-9,12-15H,2-3,10-11H2,1H3,(H,25,30)(H,26,31). The Hall–Kier alpha value is -4.28. The second-order valence-electron chi connectivity index (χ2n) is 7.73. The van der Waals surface area contributed by atoms with Gasteiger partial charge in [-0.1, -0.05) is 0 Å². The van der Waals surface area contributed by atoms with E-state index >= 15 is 0 Å². The zero-order valence-corrected chi connectivity index (χ0v) is 18.0. The number of amides is 2. The molecule has 0 saturated carbocycles. The molecule has 2 amide bonds. The van der Waals surface area contributed by atoms with Crippen LogP contribution >= 0.6 is 0 Å². The predicted molar refractivity (Wildman–Crippen MR) is 122 cm³/mol. The number of nitro groups is 1. The van der Waals surface area contributed by atoms with Gasteiger partial charge in [0.05, 0.1) is 4.92 Å². The van der Waals surface area contributed by atoms with E-state index in [-0.39, 0.29) is 17.2 Å². The van der Waals surface area contributed by atoms with Crippen molar-refractivity contribution in [1.82, 2.24) is 14.8 Å². The highest BCUT2D eigenvalue weighted by atomic mass is 16.6. The maximum Gasteiger partial charge on any atom is 0.293 e. The number of benzene rings is 2. The van der Waals surface area contributed by atoms with Gasteiger partial charge in [0.1, 0.15) is 24.4 Å². The molecule has 2 aromatic carbocycles. The molecule has 0 aliphatic carbocycles. The summed E-state index contributed by atoms with van der Waals surface area (Å²) in [5.41, 5.74) is 1.70. The van der Waals surface area contributed by atoms with Crippen molar-refractivity contribution in [2.24, 2.45) is 0 Å². The van der Waals surface area contributed by atoms with E-state index in [0.29, 0.717) is 17.1 Å². The van der Waals surface area contributed by atoms with Crippen LogP contribution in [0.15, 0.2) is 55.1 Å². The summed E-state index contributed by atoms with van der Waals surface area (Å²) in [6, 6.07) is 10.6. The molecule has 11 nitrogen and oxygen atoms in total. The van der Waals surface area contributed by atoms with Gasteiger partial charge in [-0.25, -0.2) is 9.67 Å². The van der Waals surface area contributed by atoms with Gasteiger partial charge in [-0.05, 0) is 56.2 Å². The molecule has 1 saturated heterocycles. The lowest BCUT2D eigenvalue weighted by Crippen LogP contribution is -2.24. The lowest BCUT2D eigenvalue weighted by molar-refractivity contribution is -0.384. The summed E-state index contributed by atoms with van der Waals surface area (Å²) in [7, 11) is 0. The summed E-state index contributed by atoms with van der Waals surface area (Å²) in [6.07, 6.45) is 4.81. The van der Waals surface area contributed by atoms with E-state index in [9.17, 15) is 19.7 Å². The smallest absolute Gasteiger partial charge is 0.293 e. The Morgan fingerprint density at radius 1 is 1.06 bits per heavy atom. The van der Waals surface area contributed by atoms with Crippen molar-refractivity contribution in [3.63, 3.8) is 0 Å². The lowest BCUT2D eigenvalue weighted by atomic mass is 10.1. The first kappa shape index (κ1) is 21.9. The molecular formula is C22H23N7O4. The molecule has 3 aromatic rings. The first-order chi connectivity index (χ1) is 15.9. The van der Waals surface area contributed by atoms with Crippen LogP contribution in [0.2, 0.25) is 0 Å². The largest absolute Gasteiger partial charge is 0.366 e. The molecule has 1 aliphatic heterocycles. The Labute approximate surface area is 189 Å². The number of anilines is 3. The van der Waals surface area contributed by atoms with Crippen LogP contribution < -0.4 is 15.5 Å². The highest BCUT2D eigenvalue weighted by molar-refractivity contribution is 6.05. The summed E-state index contributed by atoms with van der Waals surface area (Å²) < 4.78 is 1.44. The van der Waals surface area contributed by atoms with E-state index in [1.54, 1.807) is 43.3 Å². The van der Waals surface area contributed by atoms with Crippen molar-refractivity contribution >= 4 is 34.6 Å². The summed E-state index contributed by atoms with van der Waals surface area (Å²) in [5, 5.41) is 21.0. The van der Waals surface area contributed by atoms with Gasteiger partial charge in [0.2, 0.25) is 5.91 Å². The fourth-order valence-corrected chi connectivity index (χ4v) is 3.66. The van der Waals surface area contributed by atoms with E-state index < -0.39 is 16.9 Å². The number of carbonyl (C=O) groups excluding carboxylic acids is 2. The third kappa shape index (κ3) is 4.97. The Morgan fingerprint density at radius 2 is 1.73 bits per heavy atom. The fraction of sp³-hybridized carbons (Fsp3) is 0.273. The van der Waals surface area contributed by atoms with Crippen LogP contribution in [-0.4, -0.2) is 44.6 Å². The van der Waals surface area contributed by atoms with Crippen LogP contribution in [0.25, 0.3) is 0 Å². The minimum absolute atomic E-state index is 0.0795. The van der Waals surface area contributed by atoms with Crippen molar-refractivity contribution in [2.45, 2.75) is 25.8 Å². The van der Waals surface area contributed by atoms with Gasteiger partial charge in [-0.2, -0.15) is 5.10 Å². The van der Waals surface area contributed by atoms with Crippen LogP contribution in [0.1, 0.15) is 36.2 Å². The number of carbonyl (C=O) groups is 2. The van der Waals surface area contributed by atoms with Crippen LogP contribution in [0.4, 0.5) is 22.7 Å². The zero-order valence-electron chi connectivity index (χ0n) is 18.0. The van der Waals surface area contributed by atoms with Crippen molar-refractivity contribution < 1.29 is 14.5 Å². The topological polar surface area (TPSA) is 135 Å². The van der Waals surface area contributed by atoms with Crippen LogP contribution in [0.5, 0.6) is 0 Å². The molecule has 0 radical (unpaired) electrons. The van der Waals surface area contributed by atoms with E-state index in [4.69, 9.17) is 0 Å². The molecule has 2 heterocycles. The van der Waals surface area contributed by atoms with E-state index in [2.05, 4.69) is 20.7 Å². The number of nitrogens with one attached hydrogen (secondary N) is 2. The molecule has 0 spiro atoms. The quantitative estimate of drug-likeness (QED) is 0.417. The van der Waals surface area contributed by atoms with Crippen LogP contribution in [0, 0.1) is 10.1 Å². The predicted octanol–water partition coefficient (Wildman–Crippen LogP) is 3.24. The molecule has 33 heavy (non-hydrogen) atoms. The highest BCUT2D eigenvalue weighted by Gasteiger charge is 2.24. The fourth-order valence-electron chi connectivity index (χ4n) is 3.66. The number of hydrogen-bond donors (Lipinski definition) is 2. The second kappa shape index (κ2) is 9.47. The molecule has 1 aliphatic rings. The van der Waals surface area contributed by atoms with E-state index in [1.807, 2.05) is 4.90 Å². The molecule has 1 unspecified atom stereocenters. The van der Waals surface area contributed by atoms with Gasteiger partial charge in [0, 0.05) is 36.1 Å². The maximum atomic E-state index is 12.7. The molecule has 0 bridgehead atoms. The Kier molecular flexibility index (Phi) is 6.29. The molecule has 170 valence electrons. The number of aromatic nitrogens is 3. The second-order valence-corrected chi connectivity index (χ2v) is 7.73. The number of rotatable bonds is 7. The first-order valence-electron chi connectivity index (χ1n) is 10.5. The maximum absolute atomic E-state index is 12.7. The van der Waals surface area contributed by atoms with Gasteiger partial charge in [-0.15, -0.1) is 0 Å². The van der Waals surface area contributed by atoms with Gasteiger partial charge >= 0.3 is 0 Å². The minimum Gasteiger partial charge on any atom is -0.366 e. The Morgan fingerprint density at radius 3 is 2.33 bits per heavy atom.